The van der Waals surface area contributed by atoms with Gasteiger partial charge in [0.05, 0.1) is 7.11 Å². The van der Waals surface area contributed by atoms with E-state index in [1.165, 1.54) is 11.7 Å². The number of aromatic nitrogens is 4. The third kappa shape index (κ3) is 3.30. The summed E-state index contributed by atoms with van der Waals surface area (Å²) in [6.45, 7) is 1.93. The Balaban J connectivity index is 2.28. The molecule has 0 spiro atoms. The van der Waals surface area contributed by atoms with Crippen LogP contribution in [0.25, 0.3) is 17.1 Å². The number of nitrogens with zero attached hydrogens (tertiary/aromatic N) is 5. The van der Waals surface area contributed by atoms with Gasteiger partial charge in [0.2, 0.25) is 22.7 Å². The topological polar surface area (TPSA) is 121 Å². The molecule has 0 aromatic carbocycles. The molecule has 138 valence electrons. The van der Waals surface area contributed by atoms with E-state index in [0.717, 1.165) is 0 Å². The average Bonchev–Trinajstić information content (AvgIpc) is 3.04. The molecular weight excluding hydrogens is 360 g/mol. The molecule has 10 nitrogen and oxygen atoms in total. The third-order valence-corrected chi connectivity index (χ3v) is 4.24. The smallest absolute Gasteiger partial charge is 0.243 e. The maximum Gasteiger partial charge on any atom is 0.243 e. The van der Waals surface area contributed by atoms with Crippen molar-refractivity contribution in [2.45, 2.75) is 13.0 Å². The third-order valence-electron chi connectivity index (χ3n) is 3.86. The number of thiol groups is 1. The van der Waals surface area contributed by atoms with Crippen molar-refractivity contribution in [1.82, 2.24) is 19.7 Å². The molecular formula is C15H18N6O4S. The fourth-order valence-corrected chi connectivity index (χ4v) is 3.06. The zero-order chi connectivity index (χ0) is 18.7. The van der Waals surface area contributed by atoms with Gasteiger partial charge in [0.15, 0.2) is 5.82 Å². The van der Waals surface area contributed by atoms with E-state index in [1.807, 2.05) is 6.92 Å². The zero-order valence-electron chi connectivity index (χ0n) is 14.4. The van der Waals surface area contributed by atoms with Crippen LogP contribution in [0.5, 0.6) is 0 Å². The summed E-state index contributed by atoms with van der Waals surface area (Å²) in [6, 6.07) is 3.54. The van der Waals surface area contributed by atoms with E-state index in [2.05, 4.69) is 24.9 Å². The Bertz CT molecular complexity index is 913. The SMILES string of the molecule is COC1=C(n2c(N[SH](=O)=O)nnc2-c2cccnc2)C(OC)C(C)C=N1. The number of methoxy groups -OCH3 is 2. The van der Waals surface area contributed by atoms with Crippen LogP contribution in [0.1, 0.15) is 6.92 Å². The first-order valence-corrected chi connectivity index (χ1v) is 8.87. The van der Waals surface area contributed by atoms with Gasteiger partial charge in [-0.3, -0.25) is 14.3 Å². The molecule has 0 saturated carbocycles. The van der Waals surface area contributed by atoms with Crippen molar-refractivity contribution in [3.05, 3.63) is 30.4 Å². The Hall–Kier alpha value is -2.79. The molecule has 2 aromatic rings. The van der Waals surface area contributed by atoms with Crippen molar-refractivity contribution in [3.63, 3.8) is 0 Å². The van der Waals surface area contributed by atoms with E-state index in [0.29, 0.717) is 17.1 Å². The lowest BCUT2D eigenvalue weighted by Crippen LogP contribution is -2.31. The number of pyridine rings is 1. The molecule has 1 aliphatic rings. The van der Waals surface area contributed by atoms with Crippen molar-refractivity contribution >= 4 is 28.8 Å². The first-order valence-electron chi connectivity index (χ1n) is 7.69. The second-order valence-corrected chi connectivity index (χ2v) is 6.22. The van der Waals surface area contributed by atoms with Gasteiger partial charge < -0.3 is 9.47 Å². The summed E-state index contributed by atoms with van der Waals surface area (Å²) in [6.07, 6.45) is 4.50. The molecule has 3 heterocycles. The summed E-state index contributed by atoms with van der Waals surface area (Å²) >= 11 is 0. The van der Waals surface area contributed by atoms with Gasteiger partial charge in [-0.25, -0.2) is 13.4 Å². The number of ether oxygens (including phenoxy) is 2. The molecule has 0 fully saturated rings. The summed E-state index contributed by atoms with van der Waals surface area (Å²) in [5, 5.41) is 8.09. The van der Waals surface area contributed by atoms with E-state index in [1.54, 1.807) is 37.9 Å². The normalized spacial score (nSPS) is 19.8. The molecule has 0 amide bonds. The number of nitrogens with one attached hydrogen (secondary N) is 1. The van der Waals surface area contributed by atoms with Crippen molar-refractivity contribution in [2.75, 3.05) is 18.9 Å². The summed E-state index contributed by atoms with van der Waals surface area (Å²) in [4.78, 5) is 8.38. The van der Waals surface area contributed by atoms with Gasteiger partial charge in [0.25, 0.3) is 0 Å². The number of anilines is 1. The Morgan fingerprint density at radius 2 is 2.08 bits per heavy atom. The molecule has 0 saturated heterocycles. The quantitative estimate of drug-likeness (QED) is 0.713. The van der Waals surface area contributed by atoms with Crippen LogP contribution in [0.3, 0.4) is 0 Å². The van der Waals surface area contributed by atoms with Gasteiger partial charge >= 0.3 is 0 Å². The Morgan fingerprint density at radius 3 is 2.69 bits per heavy atom. The van der Waals surface area contributed by atoms with Crippen molar-refractivity contribution < 1.29 is 17.9 Å². The number of hydrogen-bond acceptors (Lipinski definition) is 8. The lowest BCUT2D eigenvalue weighted by atomic mass is 10.0. The van der Waals surface area contributed by atoms with Crippen molar-refractivity contribution in [3.8, 4) is 11.4 Å². The molecule has 1 N–H and O–H groups in total. The lowest BCUT2D eigenvalue weighted by Gasteiger charge is -2.28. The van der Waals surface area contributed by atoms with Crippen LogP contribution >= 0.6 is 0 Å². The maximum absolute atomic E-state index is 11.2. The standard InChI is InChI=1S/C15H18N6O4S/c1-9-7-17-14(25-3)11(12(9)24-2)21-13(10-5-4-6-16-8-10)18-19-15(21)20-26(22)23/h4-9,12,26H,1-3H3,(H,19,20,22,23). The predicted molar refractivity (Wildman–Crippen MR) is 95.9 cm³/mol. The monoisotopic (exact) mass is 378 g/mol. The number of hydrogen-bond donors (Lipinski definition) is 2. The molecule has 2 aromatic heterocycles. The maximum atomic E-state index is 11.2. The van der Waals surface area contributed by atoms with Crippen LogP contribution in [-0.4, -0.2) is 54.7 Å². The predicted octanol–water partition coefficient (Wildman–Crippen LogP) is 0.786. The largest absolute Gasteiger partial charge is 0.480 e. The van der Waals surface area contributed by atoms with Gasteiger partial charge in [0.1, 0.15) is 11.8 Å². The molecule has 1 aliphatic heterocycles. The Labute approximate surface area is 151 Å². The second-order valence-electron chi connectivity index (χ2n) is 5.48. The number of rotatable bonds is 6. The van der Waals surface area contributed by atoms with E-state index in [4.69, 9.17) is 9.47 Å². The summed E-state index contributed by atoms with van der Waals surface area (Å²) in [5.74, 6) is 0.597. The molecule has 2 unspecified atom stereocenters. The van der Waals surface area contributed by atoms with Gasteiger partial charge in [-0.05, 0) is 12.1 Å². The van der Waals surface area contributed by atoms with Crippen LogP contribution in [-0.2, 0) is 20.4 Å². The Kier molecular flexibility index (Phi) is 5.28. The highest BCUT2D eigenvalue weighted by Crippen LogP contribution is 2.34. The van der Waals surface area contributed by atoms with Crippen LogP contribution in [0, 0.1) is 5.92 Å². The fourth-order valence-electron chi connectivity index (χ4n) is 2.76. The van der Waals surface area contributed by atoms with E-state index >= 15 is 0 Å². The van der Waals surface area contributed by atoms with Crippen LogP contribution in [0.2, 0.25) is 0 Å². The van der Waals surface area contributed by atoms with Gasteiger partial charge in [-0.1, -0.05) is 6.92 Å². The summed E-state index contributed by atoms with van der Waals surface area (Å²) < 4.78 is 37.3. The van der Waals surface area contributed by atoms with Gasteiger partial charge in [-0.15, -0.1) is 10.2 Å². The van der Waals surface area contributed by atoms with Crippen LogP contribution in [0.15, 0.2) is 35.4 Å². The highest BCUT2D eigenvalue weighted by molar-refractivity contribution is 7.73. The molecule has 11 heteroatoms. The van der Waals surface area contributed by atoms with Gasteiger partial charge in [0, 0.05) is 37.2 Å². The second kappa shape index (κ2) is 7.62. The minimum absolute atomic E-state index is 0.0101. The fraction of sp³-hybridized carbons (Fsp3) is 0.333. The summed E-state index contributed by atoms with van der Waals surface area (Å²) in [7, 11) is 0.0860. The highest BCUT2D eigenvalue weighted by Gasteiger charge is 2.33. The first kappa shape index (κ1) is 18.0. The average molecular weight is 378 g/mol. The van der Waals surface area contributed by atoms with Crippen molar-refractivity contribution in [1.29, 1.82) is 0 Å². The molecule has 26 heavy (non-hydrogen) atoms. The van der Waals surface area contributed by atoms with E-state index < -0.39 is 17.0 Å². The molecule has 2 atom stereocenters. The van der Waals surface area contributed by atoms with E-state index in [-0.39, 0.29) is 17.7 Å². The summed E-state index contributed by atoms with van der Waals surface area (Å²) in [5.41, 5.74) is 1.14. The van der Waals surface area contributed by atoms with Crippen LogP contribution < -0.4 is 4.72 Å². The van der Waals surface area contributed by atoms with Crippen molar-refractivity contribution in [2.24, 2.45) is 10.9 Å². The minimum atomic E-state index is -2.95. The molecule has 0 bridgehead atoms. The van der Waals surface area contributed by atoms with Gasteiger partial charge in [-0.2, -0.15) is 0 Å². The van der Waals surface area contributed by atoms with E-state index in [9.17, 15) is 8.42 Å². The minimum Gasteiger partial charge on any atom is -0.480 e. The highest BCUT2D eigenvalue weighted by atomic mass is 32.2. The lowest BCUT2D eigenvalue weighted by molar-refractivity contribution is 0.116. The Morgan fingerprint density at radius 1 is 1.27 bits per heavy atom. The molecule has 3 rings (SSSR count). The number of aliphatic imine (C=N–C) groups is 1. The first-order chi connectivity index (χ1) is 12.6. The molecule has 0 aliphatic carbocycles. The molecule has 0 radical (unpaired) electrons. The van der Waals surface area contributed by atoms with Crippen LogP contribution in [0.4, 0.5) is 5.95 Å². The zero-order valence-corrected chi connectivity index (χ0v) is 15.3.